The van der Waals surface area contributed by atoms with Gasteiger partial charge in [0.25, 0.3) is 0 Å². The molecule has 0 saturated carbocycles. The normalized spacial score (nSPS) is 26.1. The lowest BCUT2D eigenvalue weighted by atomic mass is 9.96. The van der Waals surface area contributed by atoms with Crippen molar-refractivity contribution in [3.05, 3.63) is 34.9 Å². The van der Waals surface area contributed by atoms with Gasteiger partial charge in [-0.05, 0) is 37.5 Å². The number of hydrogen-bond acceptors (Lipinski definition) is 2. The summed E-state index contributed by atoms with van der Waals surface area (Å²) in [5.74, 6) is 1.15. The average molecular weight is 283 g/mol. The first-order valence-corrected chi connectivity index (χ1v) is 7.67. The van der Waals surface area contributed by atoms with Crippen LogP contribution in [0.1, 0.15) is 32.3 Å². The third-order valence-corrected chi connectivity index (χ3v) is 4.56. The number of hydrogen-bond donors (Lipinski definition) is 1. The molecule has 1 atom stereocenters. The van der Waals surface area contributed by atoms with Crippen LogP contribution in [-0.2, 0) is 6.54 Å². The Labute approximate surface area is 118 Å². The minimum Gasteiger partial charge on any atom is -0.360 e. The van der Waals surface area contributed by atoms with Crippen molar-refractivity contribution in [1.29, 1.82) is 0 Å². The molecule has 2 nitrogen and oxygen atoms in total. The predicted molar refractivity (Wildman–Crippen MR) is 81.5 cm³/mol. The van der Waals surface area contributed by atoms with E-state index in [0.29, 0.717) is 6.54 Å². The van der Waals surface area contributed by atoms with Crippen LogP contribution >= 0.6 is 23.4 Å². The van der Waals surface area contributed by atoms with Crippen molar-refractivity contribution in [3.8, 4) is 0 Å². The van der Waals surface area contributed by atoms with Gasteiger partial charge in [0, 0.05) is 16.3 Å². The van der Waals surface area contributed by atoms with Crippen molar-refractivity contribution < 1.29 is 0 Å². The largest absolute Gasteiger partial charge is 0.360 e. The second-order valence-corrected chi connectivity index (χ2v) is 6.41. The Morgan fingerprint density at radius 3 is 2.78 bits per heavy atom. The second-order valence-electron chi connectivity index (χ2n) is 4.89. The van der Waals surface area contributed by atoms with Crippen LogP contribution in [0.25, 0.3) is 0 Å². The molecule has 98 valence electrons. The molecule has 1 aromatic rings. The lowest BCUT2D eigenvalue weighted by molar-refractivity contribution is 0.390. The number of halogens is 1. The molecule has 0 bridgehead atoms. The molecule has 1 aromatic carbocycles. The molecular formula is C14H19ClN2S. The van der Waals surface area contributed by atoms with Crippen LogP contribution in [-0.4, -0.2) is 16.5 Å². The van der Waals surface area contributed by atoms with Gasteiger partial charge in [-0.3, -0.25) is 4.99 Å². The fourth-order valence-corrected chi connectivity index (χ4v) is 3.18. The van der Waals surface area contributed by atoms with Gasteiger partial charge in [-0.2, -0.15) is 0 Å². The molecule has 1 heterocycles. The van der Waals surface area contributed by atoms with E-state index in [0.717, 1.165) is 22.4 Å². The highest BCUT2D eigenvalue weighted by Gasteiger charge is 2.27. The Bertz CT molecular complexity index is 430. The van der Waals surface area contributed by atoms with E-state index in [9.17, 15) is 0 Å². The molecule has 0 radical (unpaired) electrons. The van der Waals surface area contributed by atoms with E-state index in [1.54, 1.807) is 0 Å². The van der Waals surface area contributed by atoms with Crippen molar-refractivity contribution in [3.63, 3.8) is 0 Å². The van der Waals surface area contributed by atoms with Crippen LogP contribution in [0.4, 0.5) is 0 Å². The van der Waals surface area contributed by atoms with Crippen LogP contribution in [0, 0.1) is 0 Å². The molecule has 0 aromatic heterocycles. The van der Waals surface area contributed by atoms with Gasteiger partial charge in [0.05, 0.1) is 6.54 Å². The van der Waals surface area contributed by atoms with Crippen molar-refractivity contribution in [2.24, 2.45) is 4.99 Å². The summed E-state index contributed by atoms with van der Waals surface area (Å²) in [5, 5.41) is 5.39. The average Bonchev–Trinajstić information content (AvgIpc) is 2.38. The minimum absolute atomic E-state index is 0.212. The summed E-state index contributed by atoms with van der Waals surface area (Å²) < 4.78 is 0. The van der Waals surface area contributed by atoms with E-state index in [1.807, 2.05) is 36.0 Å². The zero-order valence-electron chi connectivity index (χ0n) is 10.9. The van der Waals surface area contributed by atoms with E-state index < -0.39 is 0 Å². The standard InChI is InChI=1S/C14H19ClN2S/c1-3-14(2)8-9-18-13(17-14)16-10-11-4-6-12(15)7-5-11/h4-7H,3,8-10H2,1-2H3,(H,16,17). The topological polar surface area (TPSA) is 24.4 Å². The maximum absolute atomic E-state index is 5.86. The van der Waals surface area contributed by atoms with Crippen LogP contribution in [0.15, 0.2) is 29.3 Å². The number of nitrogens with zero attached hydrogens (tertiary/aromatic N) is 1. The molecule has 1 aliphatic heterocycles. The summed E-state index contributed by atoms with van der Waals surface area (Å²) in [5.41, 5.74) is 1.41. The van der Waals surface area contributed by atoms with Crippen molar-refractivity contribution in [2.45, 2.75) is 38.8 Å². The summed E-state index contributed by atoms with van der Waals surface area (Å²) in [6, 6.07) is 7.88. The van der Waals surface area contributed by atoms with Gasteiger partial charge in [-0.25, -0.2) is 0 Å². The van der Waals surface area contributed by atoms with Gasteiger partial charge in [0.2, 0.25) is 0 Å². The number of rotatable bonds is 3. The van der Waals surface area contributed by atoms with E-state index in [1.165, 1.54) is 12.0 Å². The summed E-state index contributed by atoms with van der Waals surface area (Å²) in [6.07, 6.45) is 2.33. The number of aliphatic imine (C=N–C) groups is 1. The number of thioether (sulfide) groups is 1. The summed E-state index contributed by atoms with van der Waals surface area (Å²) >= 11 is 7.68. The number of amidine groups is 1. The Hall–Kier alpha value is -0.670. The fraction of sp³-hybridized carbons (Fsp3) is 0.500. The summed E-state index contributed by atoms with van der Waals surface area (Å²) in [4.78, 5) is 4.65. The maximum atomic E-state index is 5.86. The van der Waals surface area contributed by atoms with Gasteiger partial charge < -0.3 is 5.32 Å². The highest BCUT2D eigenvalue weighted by molar-refractivity contribution is 8.13. The van der Waals surface area contributed by atoms with Gasteiger partial charge >= 0.3 is 0 Å². The highest BCUT2D eigenvalue weighted by atomic mass is 35.5. The number of benzene rings is 1. The third-order valence-electron chi connectivity index (χ3n) is 3.40. The monoisotopic (exact) mass is 282 g/mol. The van der Waals surface area contributed by atoms with E-state index in [-0.39, 0.29) is 5.54 Å². The molecule has 0 spiro atoms. The van der Waals surface area contributed by atoms with Crippen LogP contribution in [0.3, 0.4) is 0 Å². The first-order chi connectivity index (χ1) is 8.61. The fourth-order valence-electron chi connectivity index (χ4n) is 1.83. The van der Waals surface area contributed by atoms with Gasteiger partial charge in [-0.1, -0.05) is 42.4 Å². The predicted octanol–water partition coefficient (Wildman–Crippen LogP) is 4.09. The van der Waals surface area contributed by atoms with Gasteiger partial charge in [0.15, 0.2) is 5.17 Å². The number of nitrogens with one attached hydrogen (secondary N) is 1. The van der Waals surface area contributed by atoms with Crippen LogP contribution in [0.5, 0.6) is 0 Å². The Morgan fingerprint density at radius 1 is 1.39 bits per heavy atom. The first-order valence-electron chi connectivity index (χ1n) is 6.31. The molecule has 2 rings (SSSR count). The Kier molecular flexibility index (Phi) is 4.57. The van der Waals surface area contributed by atoms with Crippen molar-refractivity contribution in [2.75, 3.05) is 5.75 Å². The Balaban J connectivity index is 1.99. The van der Waals surface area contributed by atoms with Gasteiger partial charge in [0.1, 0.15) is 0 Å². The molecule has 0 aliphatic carbocycles. The SMILES string of the molecule is CCC1(C)CCSC(=NCc2ccc(Cl)cc2)N1. The Morgan fingerprint density at radius 2 is 2.11 bits per heavy atom. The molecule has 1 fully saturated rings. The lowest BCUT2D eigenvalue weighted by Gasteiger charge is -2.35. The lowest BCUT2D eigenvalue weighted by Crippen LogP contribution is -2.48. The molecule has 1 aliphatic rings. The van der Waals surface area contributed by atoms with Crippen molar-refractivity contribution >= 4 is 28.5 Å². The van der Waals surface area contributed by atoms with Crippen LogP contribution in [0.2, 0.25) is 5.02 Å². The molecular weight excluding hydrogens is 264 g/mol. The van der Waals surface area contributed by atoms with Gasteiger partial charge in [-0.15, -0.1) is 0 Å². The van der Waals surface area contributed by atoms with E-state index >= 15 is 0 Å². The highest BCUT2D eigenvalue weighted by Crippen LogP contribution is 2.25. The maximum Gasteiger partial charge on any atom is 0.157 e. The summed E-state index contributed by atoms with van der Waals surface area (Å²) in [6.45, 7) is 5.20. The molecule has 18 heavy (non-hydrogen) atoms. The quantitative estimate of drug-likeness (QED) is 0.903. The smallest absolute Gasteiger partial charge is 0.157 e. The van der Waals surface area contributed by atoms with Crippen molar-refractivity contribution in [1.82, 2.24) is 5.32 Å². The van der Waals surface area contributed by atoms with E-state index in [4.69, 9.17) is 11.6 Å². The molecule has 1 unspecified atom stereocenters. The molecule has 0 amide bonds. The molecule has 1 N–H and O–H groups in total. The third kappa shape index (κ3) is 3.66. The van der Waals surface area contributed by atoms with E-state index in [2.05, 4.69) is 24.2 Å². The zero-order chi connectivity index (χ0) is 13.0. The zero-order valence-corrected chi connectivity index (χ0v) is 12.4. The molecule has 4 heteroatoms. The second kappa shape index (κ2) is 5.98. The first kappa shape index (κ1) is 13.8. The molecule has 1 saturated heterocycles. The van der Waals surface area contributed by atoms with Crippen LogP contribution < -0.4 is 5.32 Å². The summed E-state index contributed by atoms with van der Waals surface area (Å²) in [7, 11) is 0. The minimum atomic E-state index is 0.212.